The van der Waals surface area contributed by atoms with Crippen LogP contribution in [0.5, 0.6) is 11.5 Å². The van der Waals surface area contributed by atoms with Crippen molar-refractivity contribution in [3.63, 3.8) is 0 Å². The fourth-order valence-corrected chi connectivity index (χ4v) is 6.03. The molecule has 3 aliphatic carbocycles. The van der Waals surface area contributed by atoms with Gasteiger partial charge in [0, 0.05) is 0 Å². The maximum atomic E-state index is 13.8. The quantitative estimate of drug-likeness (QED) is 0.252. The number of carbonyl (C=O) groups is 2. The van der Waals surface area contributed by atoms with Gasteiger partial charge in [-0.15, -0.1) is 0 Å². The Kier molecular flexibility index (Phi) is 6.96. The molecule has 4 rings (SSSR count). The molecule has 1 aromatic carbocycles. The Bertz CT molecular complexity index is 1330. The molecular formula is C25H27BF2N3O7. The molecule has 0 unspecified atom stereocenters. The third-order valence-electron chi connectivity index (χ3n) is 7.59. The van der Waals surface area contributed by atoms with Gasteiger partial charge in [-0.25, -0.2) is 8.78 Å². The molecule has 4 atom stereocenters. The number of hydrogen-bond acceptors (Lipinski definition) is 9. The van der Waals surface area contributed by atoms with Gasteiger partial charge in [-0.05, 0) is 0 Å². The zero-order valence-corrected chi connectivity index (χ0v) is 20.7. The number of benzene rings is 1. The van der Waals surface area contributed by atoms with Crippen molar-refractivity contribution in [2.75, 3.05) is 20.7 Å². The van der Waals surface area contributed by atoms with Gasteiger partial charge < -0.3 is 0 Å². The molecule has 1 amide bonds. The minimum absolute atomic E-state index is 0.000172. The van der Waals surface area contributed by atoms with Gasteiger partial charge >= 0.3 is 202 Å². The van der Waals surface area contributed by atoms with Crippen LogP contribution >= 0.6 is 0 Å². The van der Waals surface area contributed by atoms with Crippen molar-refractivity contribution >= 4 is 37.1 Å². The fourth-order valence-electron chi connectivity index (χ4n) is 6.03. The first kappa shape index (κ1) is 27.5. The summed E-state index contributed by atoms with van der Waals surface area (Å²) < 4.78 is 31.3. The van der Waals surface area contributed by atoms with E-state index in [0.29, 0.717) is 11.1 Å². The number of methoxy groups -OCH3 is 1. The van der Waals surface area contributed by atoms with E-state index in [9.17, 15) is 38.8 Å². The van der Waals surface area contributed by atoms with Crippen molar-refractivity contribution in [2.24, 2.45) is 22.6 Å². The van der Waals surface area contributed by atoms with E-state index in [1.54, 1.807) is 0 Å². The number of halogens is 2. The van der Waals surface area contributed by atoms with Gasteiger partial charge in [-0.2, -0.15) is 0 Å². The first-order chi connectivity index (χ1) is 17.8. The van der Waals surface area contributed by atoms with E-state index < -0.39 is 76.4 Å². The van der Waals surface area contributed by atoms with Crippen LogP contribution in [0.4, 0.5) is 8.78 Å². The van der Waals surface area contributed by atoms with Crippen LogP contribution in [0.25, 0.3) is 5.76 Å². The van der Waals surface area contributed by atoms with Crippen molar-refractivity contribution < 1.29 is 43.5 Å². The Morgan fingerprint density at radius 3 is 2.61 bits per heavy atom. The van der Waals surface area contributed by atoms with Crippen LogP contribution in [0.3, 0.4) is 0 Å². The Labute approximate surface area is 217 Å². The summed E-state index contributed by atoms with van der Waals surface area (Å²) in [6, 6.07) is -0.0415. The van der Waals surface area contributed by atoms with E-state index in [-0.39, 0.29) is 36.3 Å². The zero-order valence-electron chi connectivity index (χ0n) is 20.7. The number of fused-ring (bicyclic) bond motifs is 3. The van der Waals surface area contributed by atoms with E-state index in [0.717, 1.165) is 0 Å². The summed E-state index contributed by atoms with van der Waals surface area (Å²) >= 11 is 0. The summed E-state index contributed by atoms with van der Waals surface area (Å²) in [5.74, 6) is -5.54. The summed E-state index contributed by atoms with van der Waals surface area (Å²) in [4.78, 5) is 31.0. The number of carbonyl (C=O) groups excluding carboxylic acids is 2. The summed E-state index contributed by atoms with van der Waals surface area (Å²) in [5.41, 5.74) is 1.87. The number of alkyl halides is 2. The zero-order chi connectivity index (χ0) is 28.3. The van der Waals surface area contributed by atoms with Crippen molar-refractivity contribution in [1.82, 2.24) is 4.90 Å². The molecule has 0 saturated heterocycles. The van der Waals surface area contributed by atoms with Crippen molar-refractivity contribution in [1.29, 1.82) is 0 Å². The first-order valence-electron chi connectivity index (χ1n) is 11.7. The van der Waals surface area contributed by atoms with E-state index >= 15 is 0 Å². The molecule has 1 radical (unpaired) electrons. The number of amides is 1. The van der Waals surface area contributed by atoms with Gasteiger partial charge in [-0.3, -0.25) is 0 Å². The van der Waals surface area contributed by atoms with Gasteiger partial charge in [-0.1, -0.05) is 0 Å². The van der Waals surface area contributed by atoms with Crippen LogP contribution in [-0.2, 0) is 22.6 Å². The average Bonchev–Trinajstić information content (AvgIpc) is 2.81. The molecule has 38 heavy (non-hydrogen) atoms. The molecule has 13 heteroatoms. The standard InChI is InChI=1S/C25H27BF2N3O7/c1-30-18-12-5-9-4-11-16(13(32)6-10(21(11)38-3)7-31(2)8-14(27)28)19(33)15(9)23(35)25(12,37)22(26)17(20(18)34)24(29)36/h6,9,12,14,18,32-34,37H,1,4-5,7-8H2,2-3H3,(H2,29,36)/t9-,12-,18-,25+/m0/s1. The predicted molar refractivity (Wildman–Crippen MR) is 135 cm³/mol. The molecule has 3 aliphatic rings. The van der Waals surface area contributed by atoms with E-state index in [1.165, 1.54) is 25.1 Å². The Hall–Kier alpha value is -3.58. The monoisotopic (exact) mass is 530 g/mol. The summed E-state index contributed by atoms with van der Waals surface area (Å²) in [5, 5.41) is 44.3. The maximum absolute atomic E-state index is 13.8. The molecule has 0 aromatic heterocycles. The number of aliphatic hydroxyl groups excluding tert-OH is 2. The second kappa shape index (κ2) is 9.62. The molecule has 201 valence electrons. The molecule has 1 aromatic rings. The van der Waals surface area contributed by atoms with Crippen LogP contribution in [0.2, 0.25) is 0 Å². The number of nitrogens with two attached hydrogens (primary N) is 1. The van der Waals surface area contributed by atoms with Crippen molar-refractivity contribution in [2.45, 2.75) is 37.5 Å². The van der Waals surface area contributed by atoms with Gasteiger partial charge in [0.15, 0.2) is 0 Å². The summed E-state index contributed by atoms with van der Waals surface area (Å²) in [7, 11) is 8.87. The molecule has 0 aliphatic heterocycles. The predicted octanol–water partition coefficient (Wildman–Crippen LogP) is 0.580. The summed E-state index contributed by atoms with van der Waals surface area (Å²) in [6.07, 6.45) is -2.57. The minimum atomic E-state index is -2.58. The normalized spacial score (nSPS) is 26.8. The Morgan fingerprint density at radius 1 is 1.39 bits per heavy atom. The van der Waals surface area contributed by atoms with Crippen LogP contribution in [0.1, 0.15) is 23.1 Å². The van der Waals surface area contributed by atoms with Crippen LogP contribution in [0, 0.1) is 11.8 Å². The Morgan fingerprint density at radius 2 is 2.05 bits per heavy atom. The van der Waals surface area contributed by atoms with E-state index in [4.69, 9.17) is 18.0 Å². The molecule has 10 nitrogen and oxygen atoms in total. The topological polar surface area (TPSA) is 166 Å². The SMILES string of the molecule is [B]=C1C(C(N)=O)=C(O)[C@@H](N=C)[C@@H]2C[C@@H]3Cc4c(OC)c(CN(C)CC(F)F)cc(O)c4C(O)=C3C(=O)[C@]12O. The number of primary amides is 1. The second-order valence-corrected chi connectivity index (χ2v) is 9.80. The van der Waals surface area contributed by atoms with Crippen LogP contribution in [-0.4, -0.2) is 95.5 Å². The molecule has 0 heterocycles. The number of ketones is 1. The van der Waals surface area contributed by atoms with Crippen molar-refractivity contribution in [3.8, 4) is 11.5 Å². The second-order valence-electron chi connectivity index (χ2n) is 9.80. The molecule has 0 bridgehead atoms. The number of aliphatic hydroxyl groups is 3. The third-order valence-corrected chi connectivity index (χ3v) is 7.59. The van der Waals surface area contributed by atoms with Gasteiger partial charge in [0.05, 0.1) is 0 Å². The fraction of sp³-hybridized carbons (Fsp3) is 0.440. The Balaban J connectivity index is 1.87. The molecule has 0 spiro atoms. The first-order valence-corrected chi connectivity index (χ1v) is 11.7. The van der Waals surface area contributed by atoms with Crippen molar-refractivity contribution in [3.05, 3.63) is 39.7 Å². The van der Waals surface area contributed by atoms with Gasteiger partial charge in [0.25, 0.3) is 6.43 Å². The number of nitrogens with zero attached hydrogens (tertiary/aromatic N) is 2. The number of ether oxygens (including phenoxy) is 1. The molecule has 1 saturated carbocycles. The molecule has 1 fully saturated rings. The number of aliphatic imine (C=N–C) groups is 1. The third kappa shape index (κ3) is 3.92. The number of phenols is 1. The molecule has 6 N–H and O–H groups in total. The molecular weight excluding hydrogens is 503 g/mol. The van der Waals surface area contributed by atoms with Gasteiger partial charge in [0.1, 0.15) is 0 Å². The average molecular weight is 530 g/mol. The van der Waals surface area contributed by atoms with Crippen LogP contribution in [0.15, 0.2) is 28.0 Å². The number of phenolic OH excluding ortho intramolecular Hbond substituents is 1. The van der Waals surface area contributed by atoms with E-state index in [1.807, 2.05) is 0 Å². The number of aromatic hydroxyl groups is 1. The number of hydrogen-bond donors (Lipinski definition) is 5. The summed E-state index contributed by atoms with van der Waals surface area (Å²) in [6.45, 7) is 2.89. The van der Waals surface area contributed by atoms with Gasteiger partial charge in [0.2, 0.25) is 0 Å². The number of Topliss-reactive ketones (excluding diaryl/α,β-unsaturated/α-hetero) is 1. The number of rotatable bonds is 7. The van der Waals surface area contributed by atoms with E-state index in [2.05, 4.69) is 11.7 Å². The van der Waals surface area contributed by atoms with Crippen LogP contribution < -0.4 is 10.5 Å².